The topological polar surface area (TPSA) is 63.1 Å². The van der Waals surface area contributed by atoms with E-state index in [0.29, 0.717) is 0 Å². The Hall–Kier alpha value is -0.970. The summed E-state index contributed by atoms with van der Waals surface area (Å²) in [6.45, 7) is 0. The zero-order chi connectivity index (χ0) is 5.98. The summed E-state index contributed by atoms with van der Waals surface area (Å²) in [5.74, 6) is -1.03. The van der Waals surface area contributed by atoms with Crippen LogP contribution in [0, 0.1) is 0 Å². The van der Waals surface area contributed by atoms with E-state index in [-0.39, 0.29) is 5.69 Å². The maximum absolute atomic E-state index is 9.97. The molecule has 1 aromatic rings. The number of rotatable bonds is 1. The van der Waals surface area contributed by atoms with Crippen LogP contribution >= 0.6 is 11.5 Å². The van der Waals surface area contributed by atoms with Crippen LogP contribution in [-0.4, -0.2) is 20.7 Å². The van der Waals surface area contributed by atoms with Gasteiger partial charge >= 0.3 is 5.97 Å². The van der Waals surface area contributed by atoms with Crippen molar-refractivity contribution in [2.24, 2.45) is 0 Å². The van der Waals surface area contributed by atoms with Crippen LogP contribution in [0.25, 0.3) is 0 Å². The van der Waals surface area contributed by atoms with Crippen molar-refractivity contribution in [1.29, 1.82) is 0 Å². The summed E-state index contributed by atoms with van der Waals surface area (Å²) >= 11 is 1.03. The molecule has 0 aliphatic rings. The fourth-order valence-corrected chi connectivity index (χ4v) is 0.688. The van der Waals surface area contributed by atoms with Gasteiger partial charge in [-0.2, -0.15) is 0 Å². The minimum Gasteiger partial charge on any atom is -0.476 e. The summed E-state index contributed by atoms with van der Waals surface area (Å²) in [5, 5.41) is 12.8. The summed E-state index contributed by atoms with van der Waals surface area (Å²) in [4.78, 5) is 9.97. The second kappa shape index (κ2) is 1.87. The maximum Gasteiger partial charge on any atom is 0.357 e. The standard InChI is InChI=1S/C3H2N2O2S/c6-3(7)2-1-8-5-4-2/h1H,(H,6,7). The first-order valence-electron chi connectivity index (χ1n) is 1.81. The lowest BCUT2D eigenvalue weighted by atomic mass is 10.5. The van der Waals surface area contributed by atoms with Crippen molar-refractivity contribution in [2.45, 2.75) is 0 Å². The van der Waals surface area contributed by atoms with Crippen molar-refractivity contribution in [2.75, 3.05) is 0 Å². The van der Waals surface area contributed by atoms with Crippen molar-refractivity contribution in [3.8, 4) is 0 Å². The minimum atomic E-state index is -1.03. The highest BCUT2D eigenvalue weighted by Gasteiger charge is 2.02. The summed E-state index contributed by atoms with van der Waals surface area (Å²) < 4.78 is 3.35. The molecule has 42 valence electrons. The number of carboxylic acid groups (broad SMARTS) is 1. The molecule has 0 aliphatic carbocycles. The number of carbonyl (C=O) groups is 1. The Kier molecular flexibility index (Phi) is 1.21. The van der Waals surface area contributed by atoms with E-state index in [1.807, 2.05) is 0 Å². The smallest absolute Gasteiger partial charge is 0.357 e. The number of aromatic nitrogens is 2. The van der Waals surface area contributed by atoms with E-state index in [1.54, 1.807) is 0 Å². The third-order valence-electron chi connectivity index (χ3n) is 0.579. The SMILES string of the molecule is O=C(O)c1csnn1. The molecule has 0 unspecified atom stereocenters. The third kappa shape index (κ3) is 0.812. The van der Waals surface area contributed by atoms with E-state index in [9.17, 15) is 4.79 Å². The van der Waals surface area contributed by atoms with Crippen LogP contribution in [0.4, 0.5) is 0 Å². The first-order valence-corrected chi connectivity index (χ1v) is 2.64. The molecule has 0 spiro atoms. The van der Waals surface area contributed by atoms with Crippen molar-refractivity contribution in [3.05, 3.63) is 11.1 Å². The molecular weight excluding hydrogens is 128 g/mol. The largest absolute Gasteiger partial charge is 0.476 e. The van der Waals surface area contributed by atoms with Crippen LogP contribution in [-0.2, 0) is 0 Å². The Morgan fingerprint density at radius 2 is 2.62 bits per heavy atom. The van der Waals surface area contributed by atoms with Gasteiger partial charge in [0, 0.05) is 5.38 Å². The highest BCUT2D eigenvalue weighted by Crippen LogP contribution is 1.94. The molecule has 0 saturated carbocycles. The molecule has 0 amide bonds. The summed E-state index contributed by atoms with van der Waals surface area (Å²) in [6.07, 6.45) is 0. The van der Waals surface area contributed by atoms with Crippen LogP contribution in [0.15, 0.2) is 5.38 Å². The molecule has 0 bridgehead atoms. The predicted molar refractivity (Wildman–Crippen MR) is 26.9 cm³/mol. The van der Waals surface area contributed by atoms with E-state index in [1.165, 1.54) is 5.38 Å². The van der Waals surface area contributed by atoms with Gasteiger partial charge in [0.25, 0.3) is 0 Å². The van der Waals surface area contributed by atoms with E-state index < -0.39 is 5.97 Å². The second-order valence-corrected chi connectivity index (χ2v) is 1.71. The van der Waals surface area contributed by atoms with Gasteiger partial charge in [-0.15, -0.1) is 5.10 Å². The first kappa shape index (κ1) is 5.17. The minimum absolute atomic E-state index is 0.00926. The van der Waals surface area contributed by atoms with Crippen molar-refractivity contribution in [3.63, 3.8) is 0 Å². The van der Waals surface area contributed by atoms with Gasteiger partial charge in [0.15, 0.2) is 5.69 Å². The Morgan fingerprint density at radius 1 is 1.88 bits per heavy atom. The quantitative estimate of drug-likeness (QED) is 0.591. The molecule has 4 nitrogen and oxygen atoms in total. The molecule has 1 N–H and O–H groups in total. The molecule has 0 atom stereocenters. The zero-order valence-corrected chi connectivity index (χ0v) is 4.55. The molecule has 5 heteroatoms. The summed E-state index contributed by atoms with van der Waals surface area (Å²) in [5.41, 5.74) is 0.00926. The van der Waals surface area contributed by atoms with Crippen molar-refractivity contribution < 1.29 is 9.90 Å². The number of carboxylic acids is 1. The molecule has 1 heterocycles. The van der Waals surface area contributed by atoms with E-state index in [4.69, 9.17) is 5.11 Å². The van der Waals surface area contributed by atoms with Gasteiger partial charge < -0.3 is 5.11 Å². The fraction of sp³-hybridized carbons (Fsp3) is 0. The first-order chi connectivity index (χ1) is 3.80. The highest BCUT2D eigenvalue weighted by molar-refractivity contribution is 7.03. The fourth-order valence-electron chi connectivity index (χ4n) is 0.258. The molecule has 8 heavy (non-hydrogen) atoms. The summed E-state index contributed by atoms with van der Waals surface area (Å²) in [6, 6.07) is 0. The Morgan fingerprint density at radius 3 is 2.88 bits per heavy atom. The molecule has 0 aromatic carbocycles. The van der Waals surface area contributed by atoms with Gasteiger partial charge in [-0.25, -0.2) is 4.79 Å². The van der Waals surface area contributed by atoms with Crippen LogP contribution in [0.1, 0.15) is 10.5 Å². The monoisotopic (exact) mass is 130 g/mol. The van der Waals surface area contributed by atoms with Crippen LogP contribution in [0.3, 0.4) is 0 Å². The van der Waals surface area contributed by atoms with E-state index >= 15 is 0 Å². The highest BCUT2D eigenvalue weighted by atomic mass is 32.1. The number of nitrogens with zero attached hydrogens (tertiary/aromatic N) is 2. The molecule has 0 fully saturated rings. The molecule has 1 aromatic heterocycles. The average molecular weight is 130 g/mol. The zero-order valence-electron chi connectivity index (χ0n) is 3.74. The molecule has 0 aliphatic heterocycles. The van der Waals surface area contributed by atoms with Gasteiger partial charge in [-0.05, 0) is 11.5 Å². The Bertz CT molecular complexity index is 183. The lowest BCUT2D eigenvalue weighted by Gasteiger charge is -1.75. The lowest BCUT2D eigenvalue weighted by molar-refractivity contribution is 0.0690. The van der Waals surface area contributed by atoms with Crippen LogP contribution in [0.5, 0.6) is 0 Å². The molecular formula is C3H2N2O2S. The van der Waals surface area contributed by atoms with E-state index in [0.717, 1.165) is 11.5 Å². The Balaban J connectivity index is 2.93. The maximum atomic E-state index is 9.97. The third-order valence-corrected chi connectivity index (χ3v) is 1.08. The van der Waals surface area contributed by atoms with Gasteiger partial charge in [-0.3, -0.25) is 0 Å². The van der Waals surface area contributed by atoms with Gasteiger partial charge in [0.05, 0.1) is 0 Å². The molecule has 1 rings (SSSR count). The lowest BCUT2D eigenvalue weighted by Crippen LogP contribution is -1.95. The second-order valence-electron chi connectivity index (χ2n) is 1.10. The van der Waals surface area contributed by atoms with Crippen molar-refractivity contribution in [1.82, 2.24) is 9.59 Å². The van der Waals surface area contributed by atoms with Gasteiger partial charge in [-0.1, -0.05) is 4.49 Å². The summed E-state index contributed by atoms with van der Waals surface area (Å²) in [7, 11) is 0. The van der Waals surface area contributed by atoms with Crippen molar-refractivity contribution >= 4 is 17.5 Å². The van der Waals surface area contributed by atoms with E-state index in [2.05, 4.69) is 9.59 Å². The number of aromatic carboxylic acids is 1. The number of hydrogen-bond acceptors (Lipinski definition) is 4. The van der Waals surface area contributed by atoms with Gasteiger partial charge in [0.1, 0.15) is 0 Å². The van der Waals surface area contributed by atoms with Gasteiger partial charge in [0.2, 0.25) is 0 Å². The molecule has 0 saturated heterocycles. The van der Waals surface area contributed by atoms with Crippen LogP contribution < -0.4 is 0 Å². The Labute approximate surface area is 48.9 Å². The van der Waals surface area contributed by atoms with Crippen LogP contribution in [0.2, 0.25) is 0 Å². The predicted octanol–water partition coefficient (Wildman–Crippen LogP) is 0.236. The average Bonchev–Trinajstić information content (AvgIpc) is 2.12. The number of hydrogen-bond donors (Lipinski definition) is 1. The normalized spacial score (nSPS) is 9.00. The molecule has 0 radical (unpaired) electrons.